The maximum atomic E-state index is 13.4. The lowest BCUT2D eigenvalue weighted by Crippen LogP contribution is -2.62. The standard InChI is InChI=1S/C22H26N4O5/c27-17-5-4-16(19(28)24-17)26-20(29)15-3-1-2-14(18(15)21(26)30)12-25-9-8-23-13-22(25)6-10-31-11-7-22/h1-3,16,23H,4-13H2,(H,24,27,28). The molecule has 164 valence electrons. The first-order chi connectivity index (χ1) is 15.0. The Morgan fingerprint density at radius 3 is 2.68 bits per heavy atom. The molecule has 1 spiro atoms. The Hall–Kier alpha value is -2.62. The number of amides is 4. The first-order valence-electron chi connectivity index (χ1n) is 10.9. The van der Waals surface area contributed by atoms with E-state index < -0.39 is 23.8 Å². The Kier molecular flexibility index (Phi) is 5.11. The van der Waals surface area contributed by atoms with Crippen molar-refractivity contribution in [2.45, 2.75) is 43.8 Å². The van der Waals surface area contributed by atoms with Crippen molar-refractivity contribution in [3.05, 3.63) is 34.9 Å². The van der Waals surface area contributed by atoms with Crippen LogP contribution in [0.2, 0.25) is 0 Å². The van der Waals surface area contributed by atoms with E-state index in [0.717, 1.165) is 42.9 Å². The molecule has 0 bridgehead atoms. The molecule has 4 aliphatic rings. The molecule has 1 aromatic rings. The summed E-state index contributed by atoms with van der Waals surface area (Å²) in [5, 5.41) is 5.73. The molecular formula is C22H26N4O5. The Morgan fingerprint density at radius 1 is 1.10 bits per heavy atom. The molecule has 0 aliphatic carbocycles. The number of imide groups is 2. The maximum absolute atomic E-state index is 13.4. The number of carbonyl (C=O) groups excluding carboxylic acids is 4. The predicted molar refractivity (Wildman–Crippen MR) is 109 cm³/mol. The minimum atomic E-state index is -0.945. The van der Waals surface area contributed by atoms with Crippen molar-refractivity contribution in [2.24, 2.45) is 0 Å². The summed E-state index contributed by atoms with van der Waals surface area (Å²) in [7, 11) is 0. The summed E-state index contributed by atoms with van der Waals surface area (Å²) >= 11 is 0. The fraction of sp³-hybridized carbons (Fsp3) is 0.545. The first kappa shape index (κ1) is 20.3. The second-order valence-electron chi connectivity index (χ2n) is 8.72. The number of piperidine rings is 1. The van der Waals surface area contributed by atoms with Crippen molar-refractivity contribution in [1.29, 1.82) is 0 Å². The molecule has 0 saturated carbocycles. The van der Waals surface area contributed by atoms with Gasteiger partial charge in [-0.3, -0.25) is 34.3 Å². The van der Waals surface area contributed by atoms with Gasteiger partial charge in [0.15, 0.2) is 0 Å². The lowest BCUT2D eigenvalue weighted by molar-refractivity contribution is -0.136. The van der Waals surface area contributed by atoms with Crippen molar-refractivity contribution in [3.63, 3.8) is 0 Å². The fourth-order valence-corrected chi connectivity index (χ4v) is 5.30. The SMILES string of the molecule is O=C1CCC(N2C(=O)c3cccc(CN4CCNCC45CCOCC5)c3C2=O)C(=O)N1. The zero-order valence-electron chi connectivity index (χ0n) is 17.3. The van der Waals surface area contributed by atoms with Gasteiger partial charge < -0.3 is 10.1 Å². The number of nitrogens with one attached hydrogen (secondary N) is 2. The Balaban J connectivity index is 1.44. The Labute approximate surface area is 180 Å². The molecule has 0 radical (unpaired) electrons. The number of hydrogen-bond acceptors (Lipinski definition) is 7. The highest BCUT2D eigenvalue weighted by atomic mass is 16.5. The van der Waals surface area contributed by atoms with E-state index in [4.69, 9.17) is 4.74 Å². The van der Waals surface area contributed by atoms with Crippen LogP contribution in [0.1, 0.15) is 52.0 Å². The number of carbonyl (C=O) groups is 4. The number of hydrogen-bond donors (Lipinski definition) is 2. The average Bonchev–Trinajstić information content (AvgIpc) is 3.02. The van der Waals surface area contributed by atoms with Crippen molar-refractivity contribution in [3.8, 4) is 0 Å². The number of fused-ring (bicyclic) bond motifs is 1. The highest BCUT2D eigenvalue weighted by Gasteiger charge is 2.46. The van der Waals surface area contributed by atoms with Crippen LogP contribution in [0.25, 0.3) is 0 Å². The summed E-state index contributed by atoms with van der Waals surface area (Å²) in [6, 6.07) is 4.39. The molecule has 4 amide bonds. The van der Waals surface area contributed by atoms with Crippen LogP contribution in [-0.2, 0) is 20.9 Å². The second kappa shape index (κ2) is 7.81. The maximum Gasteiger partial charge on any atom is 0.262 e. The van der Waals surface area contributed by atoms with Crippen LogP contribution in [0.4, 0.5) is 0 Å². The lowest BCUT2D eigenvalue weighted by atomic mass is 9.85. The van der Waals surface area contributed by atoms with Gasteiger partial charge in [0.25, 0.3) is 11.8 Å². The summed E-state index contributed by atoms with van der Waals surface area (Å²) in [5.74, 6) is -1.87. The van der Waals surface area contributed by atoms with E-state index in [-0.39, 0.29) is 24.3 Å². The van der Waals surface area contributed by atoms with Gasteiger partial charge in [0, 0.05) is 51.4 Å². The summed E-state index contributed by atoms with van der Waals surface area (Å²) in [6.45, 7) is 4.58. The molecule has 9 heteroatoms. The lowest BCUT2D eigenvalue weighted by Gasteiger charge is -2.49. The molecular weight excluding hydrogens is 400 g/mol. The van der Waals surface area contributed by atoms with Crippen LogP contribution in [0.15, 0.2) is 18.2 Å². The minimum absolute atomic E-state index is 0.0197. The van der Waals surface area contributed by atoms with Crippen molar-refractivity contribution >= 4 is 23.6 Å². The Morgan fingerprint density at radius 2 is 1.90 bits per heavy atom. The number of benzene rings is 1. The molecule has 0 aromatic heterocycles. The Bertz CT molecular complexity index is 947. The molecule has 9 nitrogen and oxygen atoms in total. The van der Waals surface area contributed by atoms with Gasteiger partial charge in [-0.25, -0.2) is 0 Å². The highest BCUT2D eigenvalue weighted by Crippen LogP contribution is 2.34. The van der Waals surface area contributed by atoms with E-state index in [9.17, 15) is 19.2 Å². The molecule has 4 aliphatic heterocycles. The van der Waals surface area contributed by atoms with Gasteiger partial charge in [-0.2, -0.15) is 0 Å². The van der Waals surface area contributed by atoms with Gasteiger partial charge in [-0.15, -0.1) is 0 Å². The van der Waals surface area contributed by atoms with Gasteiger partial charge in [0.2, 0.25) is 11.8 Å². The first-order valence-corrected chi connectivity index (χ1v) is 10.9. The van der Waals surface area contributed by atoms with E-state index >= 15 is 0 Å². The molecule has 4 heterocycles. The largest absolute Gasteiger partial charge is 0.381 e. The van der Waals surface area contributed by atoms with Crippen LogP contribution >= 0.6 is 0 Å². The van der Waals surface area contributed by atoms with Gasteiger partial charge in [0.05, 0.1) is 11.1 Å². The third kappa shape index (κ3) is 3.37. The zero-order chi connectivity index (χ0) is 21.6. The van der Waals surface area contributed by atoms with Crippen LogP contribution in [-0.4, -0.2) is 77.9 Å². The van der Waals surface area contributed by atoms with E-state index in [1.165, 1.54) is 0 Å². The summed E-state index contributed by atoms with van der Waals surface area (Å²) < 4.78 is 5.58. The molecule has 1 atom stereocenters. The smallest absolute Gasteiger partial charge is 0.262 e. The molecule has 3 fully saturated rings. The molecule has 1 aromatic carbocycles. The van der Waals surface area contributed by atoms with Gasteiger partial charge in [-0.1, -0.05) is 12.1 Å². The van der Waals surface area contributed by atoms with Crippen molar-refractivity contribution in [1.82, 2.24) is 20.4 Å². The zero-order valence-corrected chi connectivity index (χ0v) is 17.3. The topological polar surface area (TPSA) is 108 Å². The summed E-state index contributed by atoms with van der Waals surface area (Å²) in [4.78, 5) is 53.7. The van der Waals surface area contributed by atoms with Gasteiger partial charge in [0.1, 0.15) is 6.04 Å². The number of rotatable bonds is 3. The third-order valence-corrected chi connectivity index (χ3v) is 7.02. The van der Waals surface area contributed by atoms with Gasteiger partial charge >= 0.3 is 0 Å². The highest BCUT2D eigenvalue weighted by molar-refractivity contribution is 6.24. The molecule has 2 N–H and O–H groups in total. The fourth-order valence-electron chi connectivity index (χ4n) is 5.30. The number of ether oxygens (including phenoxy) is 1. The minimum Gasteiger partial charge on any atom is -0.381 e. The van der Waals surface area contributed by atoms with E-state index in [1.807, 2.05) is 6.07 Å². The number of nitrogens with zero attached hydrogens (tertiary/aromatic N) is 2. The summed E-state index contributed by atoms with van der Waals surface area (Å²) in [6.07, 6.45) is 2.11. The number of piperazine rings is 1. The van der Waals surface area contributed by atoms with Crippen LogP contribution in [0, 0.1) is 0 Å². The van der Waals surface area contributed by atoms with Crippen molar-refractivity contribution < 1.29 is 23.9 Å². The monoisotopic (exact) mass is 426 g/mol. The molecule has 5 rings (SSSR count). The normalized spacial score (nSPS) is 26.3. The van der Waals surface area contributed by atoms with E-state index in [1.54, 1.807) is 12.1 Å². The third-order valence-electron chi connectivity index (χ3n) is 7.02. The second-order valence-corrected chi connectivity index (χ2v) is 8.72. The van der Waals surface area contributed by atoms with Crippen LogP contribution < -0.4 is 10.6 Å². The average molecular weight is 426 g/mol. The van der Waals surface area contributed by atoms with E-state index in [2.05, 4.69) is 15.5 Å². The van der Waals surface area contributed by atoms with E-state index in [0.29, 0.717) is 30.9 Å². The predicted octanol–water partition coefficient (Wildman–Crippen LogP) is 0.0422. The quantitative estimate of drug-likeness (QED) is 0.657. The van der Waals surface area contributed by atoms with Crippen LogP contribution in [0.3, 0.4) is 0 Å². The molecule has 1 unspecified atom stereocenters. The molecule has 31 heavy (non-hydrogen) atoms. The van der Waals surface area contributed by atoms with Gasteiger partial charge in [-0.05, 0) is 30.9 Å². The van der Waals surface area contributed by atoms with Crippen LogP contribution in [0.5, 0.6) is 0 Å². The summed E-state index contributed by atoms with van der Waals surface area (Å²) in [5.41, 5.74) is 1.51. The van der Waals surface area contributed by atoms with Crippen molar-refractivity contribution in [2.75, 3.05) is 32.8 Å². The molecule has 3 saturated heterocycles.